The molecule has 0 amide bonds. The second-order valence-corrected chi connectivity index (χ2v) is 5.07. The third kappa shape index (κ3) is 2.33. The summed E-state index contributed by atoms with van der Waals surface area (Å²) in [6, 6.07) is 2.05. The molecule has 0 saturated heterocycles. The van der Waals surface area contributed by atoms with Crippen LogP contribution in [0.3, 0.4) is 0 Å². The van der Waals surface area contributed by atoms with Crippen LogP contribution in [0, 0.1) is 0 Å². The van der Waals surface area contributed by atoms with Crippen LogP contribution in [0.15, 0.2) is 16.6 Å². The molecule has 0 saturated carbocycles. The Morgan fingerprint density at radius 1 is 1.41 bits per heavy atom. The molecule has 0 unspecified atom stereocenters. The minimum Gasteiger partial charge on any atom is -0.453 e. The number of benzene rings is 1. The number of ether oxygens (including phenoxy) is 2. The summed E-state index contributed by atoms with van der Waals surface area (Å²) in [6.07, 6.45) is 3.97. The first-order chi connectivity index (χ1) is 8.15. The van der Waals surface area contributed by atoms with Gasteiger partial charge in [-0.05, 0) is 33.5 Å². The van der Waals surface area contributed by atoms with Crippen molar-refractivity contribution >= 4 is 22.0 Å². The van der Waals surface area contributed by atoms with Gasteiger partial charge in [0.05, 0.1) is 4.47 Å². The van der Waals surface area contributed by atoms with Crippen LogP contribution in [0.25, 0.3) is 6.08 Å². The van der Waals surface area contributed by atoms with Gasteiger partial charge in [-0.15, -0.1) is 0 Å². The van der Waals surface area contributed by atoms with Crippen molar-refractivity contribution in [2.24, 2.45) is 5.73 Å². The maximum absolute atomic E-state index is 5.57. The number of hydrogen-bond donors (Lipinski definition) is 1. The molecule has 2 N–H and O–H groups in total. The lowest BCUT2D eigenvalue weighted by atomic mass is 9.95. The Balaban J connectivity index is 2.59. The monoisotopic (exact) mass is 297 g/mol. The Labute approximate surface area is 110 Å². The van der Waals surface area contributed by atoms with Crippen LogP contribution in [-0.2, 0) is 0 Å². The van der Waals surface area contributed by atoms with Gasteiger partial charge in [0.15, 0.2) is 11.5 Å². The molecule has 0 radical (unpaired) electrons. The van der Waals surface area contributed by atoms with Crippen molar-refractivity contribution in [3.8, 4) is 11.5 Å². The van der Waals surface area contributed by atoms with Crippen LogP contribution >= 0.6 is 15.9 Å². The highest BCUT2D eigenvalue weighted by molar-refractivity contribution is 9.10. The number of fused-ring (bicyclic) bond motifs is 1. The number of rotatable bonds is 3. The Kier molecular flexibility index (Phi) is 3.74. The van der Waals surface area contributed by atoms with Gasteiger partial charge in [0.1, 0.15) is 0 Å². The molecule has 2 rings (SSSR count). The SMILES string of the molecule is CC(C)c1c(/C=C/CN)cc(Br)c2c1OCO2. The first kappa shape index (κ1) is 12.5. The molecule has 4 heteroatoms. The fraction of sp³-hybridized carbons (Fsp3) is 0.385. The fourth-order valence-electron chi connectivity index (χ4n) is 2.00. The average Bonchev–Trinajstić information content (AvgIpc) is 2.74. The first-order valence-corrected chi connectivity index (χ1v) is 6.43. The number of nitrogens with two attached hydrogens (primary N) is 1. The van der Waals surface area contributed by atoms with Gasteiger partial charge in [-0.2, -0.15) is 0 Å². The summed E-state index contributed by atoms with van der Waals surface area (Å²) in [4.78, 5) is 0. The van der Waals surface area contributed by atoms with Crippen molar-refractivity contribution < 1.29 is 9.47 Å². The summed E-state index contributed by atoms with van der Waals surface area (Å²) >= 11 is 3.50. The molecule has 1 aliphatic rings. The van der Waals surface area contributed by atoms with E-state index < -0.39 is 0 Å². The number of halogens is 1. The Hall–Kier alpha value is -1.00. The third-order valence-corrected chi connectivity index (χ3v) is 3.27. The van der Waals surface area contributed by atoms with E-state index in [9.17, 15) is 0 Å². The van der Waals surface area contributed by atoms with Gasteiger partial charge in [-0.25, -0.2) is 0 Å². The molecule has 3 nitrogen and oxygen atoms in total. The normalized spacial score (nSPS) is 13.9. The van der Waals surface area contributed by atoms with Gasteiger partial charge in [0.2, 0.25) is 6.79 Å². The minimum absolute atomic E-state index is 0.289. The summed E-state index contributed by atoms with van der Waals surface area (Å²) in [5.74, 6) is 2.03. The molecule has 0 aromatic heterocycles. The second-order valence-electron chi connectivity index (χ2n) is 4.22. The van der Waals surface area contributed by atoms with Crippen molar-refractivity contribution in [3.05, 3.63) is 27.7 Å². The van der Waals surface area contributed by atoms with Crippen LogP contribution in [-0.4, -0.2) is 13.3 Å². The lowest BCUT2D eigenvalue weighted by Crippen LogP contribution is -1.98. The standard InChI is InChI=1S/C13H16BrNO2/c1-8(2)11-9(4-3-5-15)6-10(14)12-13(11)17-7-16-12/h3-4,6,8H,5,7,15H2,1-2H3/b4-3+. The summed E-state index contributed by atoms with van der Waals surface area (Å²) in [5.41, 5.74) is 7.80. The molecule has 0 fully saturated rings. The molecule has 92 valence electrons. The predicted molar refractivity (Wildman–Crippen MR) is 72.4 cm³/mol. The predicted octanol–water partition coefficient (Wildman–Crippen LogP) is 3.27. The van der Waals surface area contributed by atoms with Crippen molar-refractivity contribution in [1.29, 1.82) is 0 Å². The zero-order valence-electron chi connectivity index (χ0n) is 10.00. The zero-order valence-corrected chi connectivity index (χ0v) is 11.6. The first-order valence-electron chi connectivity index (χ1n) is 5.63. The largest absolute Gasteiger partial charge is 0.453 e. The van der Waals surface area contributed by atoms with E-state index in [0.717, 1.165) is 21.5 Å². The Morgan fingerprint density at radius 2 is 2.12 bits per heavy atom. The summed E-state index contributed by atoms with van der Waals surface area (Å²) in [5, 5.41) is 0. The molecule has 1 aromatic rings. The van der Waals surface area contributed by atoms with E-state index in [4.69, 9.17) is 15.2 Å². The highest BCUT2D eigenvalue weighted by Gasteiger charge is 2.24. The lowest BCUT2D eigenvalue weighted by molar-refractivity contribution is 0.172. The fourth-order valence-corrected chi connectivity index (χ4v) is 2.54. The van der Waals surface area contributed by atoms with Crippen molar-refractivity contribution in [3.63, 3.8) is 0 Å². The molecule has 0 aliphatic carbocycles. The highest BCUT2D eigenvalue weighted by Crippen LogP contribution is 2.46. The average molecular weight is 298 g/mol. The van der Waals surface area contributed by atoms with Crippen molar-refractivity contribution in [2.75, 3.05) is 13.3 Å². The van der Waals surface area contributed by atoms with Gasteiger partial charge in [0.25, 0.3) is 0 Å². The third-order valence-electron chi connectivity index (χ3n) is 2.68. The topological polar surface area (TPSA) is 44.5 Å². The number of hydrogen-bond acceptors (Lipinski definition) is 3. The molecular weight excluding hydrogens is 282 g/mol. The van der Waals surface area contributed by atoms with Gasteiger partial charge in [0, 0.05) is 12.1 Å². The molecular formula is C13H16BrNO2. The van der Waals surface area contributed by atoms with E-state index in [1.807, 2.05) is 12.2 Å². The van der Waals surface area contributed by atoms with E-state index in [1.165, 1.54) is 5.56 Å². The second kappa shape index (κ2) is 5.10. The van der Waals surface area contributed by atoms with Crippen LogP contribution in [0.5, 0.6) is 11.5 Å². The van der Waals surface area contributed by atoms with E-state index in [2.05, 4.69) is 35.8 Å². The van der Waals surface area contributed by atoms with Gasteiger partial charge in [-0.3, -0.25) is 0 Å². The molecule has 17 heavy (non-hydrogen) atoms. The lowest BCUT2D eigenvalue weighted by Gasteiger charge is -2.14. The molecule has 0 spiro atoms. The molecule has 0 atom stereocenters. The van der Waals surface area contributed by atoms with Gasteiger partial charge >= 0.3 is 0 Å². The minimum atomic E-state index is 0.289. The Morgan fingerprint density at radius 3 is 2.76 bits per heavy atom. The van der Waals surface area contributed by atoms with E-state index in [-0.39, 0.29) is 6.79 Å². The molecule has 0 bridgehead atoms. The van der Waals surface area contributed by atoms with Crippen LogP contribution in [0.2, 0.25) is 0 Å². The molecule has 1 aliphatic heterocycles. The van der Waals surface area contributed by atoms with Crippen LogP contribution < -0.4 is 15.2 Å². The van der Waals surface area contributed by atoms with Gasteiger partial charge in [-0.1, -0.05) is 26.0 Å². The summed E-state index contributed by atoms with van der Waals surface area (Å²) in [7, 11) is 0. The zero-order chi connectivity index (χ0) is 12.4. The smallest absolute Gasteiger partial charge is 0.231 e. The summed E-state index contributed by atoms with van der Waals surface area (Å²) < 4.78 is 12.0. The maximum atomic E-state index is 5.57. The maximum Gasteiger partial charge on any atom is 0.231 e. The van der Waals surface area contributed by atoms with E-state index in [1.54, 1.807) is 0 Å². The highest BCUT2D eigenvalue weighted by atomic mass is 79.9. The van der Waals surface area contributed by atoms with Gasteiger partial charge < -0.3 is 15.2 Å². The summed E-state index contributed by atoms with van der Waals surface area (Å²) in [6.45, 7) is 5.11. The molecule has 1 heterocycles. The van der Waals surface area contributed by atoms with Crippen molar-refractivity contribution in [2.45, 2.75) is 19.8 Å². The molecule has 1 aromatic carbocycles. The van der Waals surface area contributed by atoms with Crippen LogP contribution in [0.1, 0.15) is 30.9 Å². The van der Waals surface area contributed by atoms with E-state index >= 15 is 0 Å². The van der Waals surface area contributed by atoms with Crippen LogP contribution in [0.4, 0.5) is 0 Å². The Bertz CT molecular complexity index is 455. The quantitative estimate of drug-likeness (QED) is 0.931. The van der Waals surface area contributed by atoms with Crippen molar-refractivity contribution in [1.82, 2.24) is 0 Å². The van der Waals surface area contributed by atoms with E-state index in [0.29, 0.717) is 12.5 Å².